The first-order valence-corrected chi connectivity index (χ1v) is 9.75. The van der Waals surface area contributed by atoms with Crippen LogP contribution in [0.1, 0.15) is 34.3 Å². The van der Waals surface area contributed by atoms with E-state index < -0.39 is 0 Å². The van der Waals surface area contributed by atoms with E-state index in [1.165, 1.54) is 11.3 Å². The summed E-state index contributed by atoms with van der Waals surface area (Å²) in [5.41, 5.74) is 0.959. The van der Waals surface area contributed by atoms with Gasteiger partial charge in [0.25, 0.3) is 5.91 Å². The van der Waals surface area contributed by atoms with Crippen molar-refractivity contribution in [1.29, 1.82) is 0 Å². The Bertz CT molecular complexity index is 835. The molecule has 3 aromatic rings. The molecule has 0 atom stereocenters. The van der Waals surface area contributed by atoms with Gasteiger partial charge in [0, 0.05) is 30.0 Å². The zero-order valence-electron chi connectivity index (χ0n) is 12.6. The molecular formula is C16H14ClN3O2S2. The fourth-order valence-electron chi connectivity index (χ4n) is 2.82. The number of piperidine rings is 1. The summed E-state index contributed by atoms with van der Waals surface area (Å²) in [6.45, 7) is 1.38. The smallest absolute Gasteiger partial charge is 0.263 e. The Morgan fingerprint density at radius 3 is 2.75 bits per heavy atom. The van der Waals surface area contributed by atoms with Crippen molar-refractivity contribution in [2.75, 3.05) is 13.1 Å². The van der Waals surface area contributed by atoms with Gasteiger partial charge in [-0.1, -0.05) is 11.6 Å². The molecule has 0 radical (unpaired) electrons. The largest absolute Gasteiger partial charge is 0.420 e. The Balaban J connectivity index is 1.40. The fourth-order valence-corrected chi connectivity index (χ4v) is 4.46. The molecule has 4 heterocycles. The Labute approximate surface area is 151 Å². The van der Waals surface area contributed by atoms with Gasteiger partial charge in [0.2, 0.25) is 11.8 Å². The van der Waals surface area contributed by atoms with Crippen molar-refractivity contribution < 1.29 is 9.21 Å². The van der Waals surface area contributed by atoms with E-state index in [1.807, 2.05) is 21.7 Å². The molecule has 24 heavy (non-hydrogen) atoms. The van der Waals surface area contributed by atoms with E-state index in [2.05, 4.69) is 10.2 Å². The summed E-state index contributed by atoms with van der Waals surface area (Å²) in [7, 11) is 0. The number of carbonyl (C=O) groups excluding carboxylic acids is 1. The summed E-state index contributed by atoms with van der Waals surface area (Å²) >= 11 is 8.84. The molecule has 0 unspecified atom stereocenters. The Kier molecular flexibility index (Phi) is 4.39. The van der Waals surface area contributed by atoms with Crippen molar-refractivity contribution in [3.63, 3.8) is 0 Å². The van der Waals surface area contributed by atoms with Gasteiger partial charge in [-0.15, -0.1) is 21.5 Å². The lowest BCUT2D eigenvalue weighted by molar-refractivity contribution is 0.0711. The summed E-state index contributed by atoms with van der Waals surface area (Å²) in [6, 6.07) is 5.51. The summed E-state index contributed by atoms with van der Waals surface area (Å²) in [6.07, 6.45) is 1.66. The molecule has 0 spiro atoms. The number of halogens is 1. The molecule has 124 valence electrons. The van der Waals surface area contributed by atoms with E-state index in [1.54, 1.807) is 23.5 Å². The molecule has 3 aromatic heterocycles. The fraction of sp³-hybridized carbons (Fsp3) is 0.312. The Hall–Kier alpha value is -1.70. The highest BCUT2D eigenvalue weighted by Gasteiger charge is 2.28. The minimum absolute atomic E-state index is 0.0508. The topological polar surface area (TPSA) is 59.2 Å². The average Bonchev–Trinajstić information content (AvgIpc) is 3.35. The van der Waals surface area contributed by atoms with E-state index in [-0.39, 0.29) is 11.8 Å². The highest BCUT2D eigenvalue weighted by atomic mass is 35.5. The summed E-state index contributed by atoms with van der Waals surface area (Å²) in [4.78, 5) is 15.0. The molecule has 1 saturated heterocycles. The van der Waals surface area contributed by atoms with E-state index in [0.29, 0.717) is 34.1 Å². The third-order valence-electron chi connectivity index (χ3n) is 4.12. The predicted octanol–water partition coefficient (Wildman–Crippen LogP) is 4.53. The molecule has 1 amide bonds. The highest BCUT2D eigenvalue weighted by molar-refractivity contribution is 7.18. The number of thiophene rings is 2. The number of aromatic nitrogens is 2. The molecule has 1 aliphatic heterocycles. The lowest BCUT2D eigenvalue weighted by Gasteiger charge is -2.30. The highest BCUT2D eigenvalue weighted by Crippen LogP contribution is 2.31. The van der Waals surface area contributed by atoms with E-state index in [4.69, 9.17) is 16.0 Å². The van der Waals surface area contributed by atoms with Crippen LogP contribution in [0, 0.1) is 0 Å². The van der Waals surface area contributed by atoms with Crippen molar-refractivity contribution in [2.24, 2.45) is 0 Å². The summed E-state index contributed by atoms with van der Waals surface area (Å²) in [5, 5.41) is 12.3. The Morgan fingerprint density at radius 2 is 2.08 bits per heavy atom. The maximum Gasteiger partial charge on any atom is 0.263 e. The van der Waals surface area contributed by atoms with Crippen LogP contribution in [0.2, 0.25) is 4.34 Å². The molecule has 1 fully saturated rings. The predicted molar refractivity (Wildman–Crippen MR) is 94.8 cm³/mol. The van der Waals surface area contributed by atoms with Crippen molar-refractivity contribution in [3.05, 3.63) is 44.1 Å². The number of likely N-dealkylation sites (tertiary alicyclic amines) is 1. The minimum Gasteiger partial charge on any atom is -0.420 e. The van der Waals surface area contributed by atoms with E-state index in [9.17, 15) is 4.79 Å². The van der Waals surface area contributed by atoms with Gasteiger partial charge in [0.1, 0.15) is 0 Å². The van der Waals surface area contributed by atoms with Gasteiger partial charge in [-0.05, 0) is 36.4 Å². The molecule has 0 saturated carbocycles. The van der Waals surface area contributed by atoms with Crippen molar-refractivity contribution in [2.45, 2.75) is 18.8 Å². The van der Waals surface area contributed by atoms with Crippen molar-refractivity contribution >= 4 is 40.2 Å². The number of carbonyl (C=O) groups is 1. The average molecular weight is 380 g/mol. The second-order valence-electron chi connectivity index (χ2n) is 5.63. The summed E-state index contributed by atoms with van der Waals surface area (Å²) in [5.74, 6) is 1.50. The van der Waals surface area contributed by atoms with Crippen LogP contribution in [0.3, 0.4) is 0 Å². The van der Waals surface area contributed by atoms with Gasteiger partial charge in [-0.3, -0.25) is 4.79 Å². The third kappa shape index (κ3) is 3.11. The zero-order chi connectivity index (χ0) is 16.5. The first kappa shape index (κ1) is 15.8. The van der Waals surface area contributed by atoms with Crippen molar-refractivity contribution in [3.8, 4) is 11.5 Å². The minimum atomic E-state index is 0.0508. The number of amides is 1. The molecular weight excluding hydrogens is 366 g/mol. The number of nitrogens with zero attached hydrogens (tertiary/aromatic N) is 3. The van der Waals surface area contributed by atoms with Crippen molar-refractivity contribution in [1.82, 2.24) is 15.1 Å². The summed E-state index contributed by atoms with van der Waals surface area (Å²) < 4.78 is 6.46. The third-order valence-corrected chi connectivity index (χ3v) is 6.03. The maximum absolute atomic E-state index is 12.4. The van der Waals surface area contributed by atoms with Gasteiger partial charge in [-0.25, -0.2) is 0 Å². The van der Waals surface area contributed by atoms with Gasteiger partial charge in [0.15, 0.2) is 0 Å². The van der Waals surface area contributed by atoms with Crippen LogP contribution < -0.4 is 0 Å². The molecule has 4 rings (SSSR count). The second-order valence-corrected chi connectivity index (χ2v) is 8.12. The van der Waals surface area contributed by atoms with Gasteiger partial charge < -0.3 is 9.32 Å². The normalized spacial score (nSPS) is 15.8. The number of rotatable bonds is 3. The molecule has 0 bridgehead atoms. The SMILES string of the molecule is O=C(c1ccc(Cl)s1)N1CCC(c2nnc(-c3ccsc3)o2)CC1. The molecule has 1 aliphatic rings. The van der Waals surface area contributed by atoms with Crippen LogP contribution in [0.4, 0.5) is 0 Å². The van der Waals surface area contributed by atoms with E-state index in [0.717, 1.165) is 18.4 Å². The first-order chi connectivity index (χ1) is 11.7. The zero-order valence-corrected chi connectivity index (χ0v) is 15.0. The molecule has 0 N–H and O–H groups in total. The van der Waals surface area contributed by atoms with Crippen LogP contribution >= 0.6 is 34.3 Å². The van der Waals surface area contributed by atoms with Crippen LogP contribution in [-0.2, 0) is 0 Å². The van der Waals surface area contributed by atoms with Crippen LogP contribution in [-0.4, -0.2) is 34.1 Å². The Morgan fingerprint density at radius 1 is 1.25 bits per heavy atom. The van der Waals surface area contributed by atoms with Gasteiger partial charge in [-0.2, -0.15) is 11.3 Å². The van der Waals surface area contributed by atoms with Crippen LogP contribution in [0.25, 0.3) is 11.5 Å². The lowest BCUT2D eigenvalue weighted by Crippen LogP contribution is -2.37. The monoisotopic (exact) mass is 379 g/mol. The molecule has 0 aliphatic carbocycles. The number of hydrogen-bond acceptors (Lipinski definition) is 6. The maximum atomic E-state index is 12.4. The van der Waals surface area contributed by atoms with E-state index >= 15 is 0 Å². The lowest BCUT2D eigenvalue weighted by atomic mass is 9.97. The standard InChI is InChI=1S/C16H14ClN3O2S2/c17-13-2-1-12(24-13)16(21)20-6-3-10(4-7-20)14-18-19-15(22-14)11-5-8-23-9-11/h1-2,5,8-10H,3-4,6-7H2. The quantitative estimate of drug-likeness (QED) is 0.670. The van der Waals surface area contributed by atoms with Crippen LogP contribution in [0.15, 0.2) is 33.4 Å². The van der Waals surface area contributed by atoms with Crippen LogP contribution in [0.5, 0.6) is 0 Å². The molecule has 0 aromatic carbocycles. The molecule has 5 nitrogen and oxygen atoms in total. The molecule has 8 heteroatoms. The second kappa shape index (κ2) is 6.66. The number of hydrogen-bond donors (Lipinski definition) is 0. The van der Waals surface area contributed by atoms with Gasteiger partial charge >= 0.3 is 0 Å². The van der Waals surface area contributed by atoms with Gasteiger partial charge in [0.05, 0.1) is 9.21 Å². The first-order valence-electron chi connectivity index (χ1n) is 7.61.